The summed E-state index contributed by atoms with van der Waals surface area (Å²) in [5, 5.41) is 10.0. The molecule has 1 heterocycles. The third kappa shape index (κ3) is 2.82. The molecular formula is C16H15F2N3Si. The lowest BCUT2D eigenvalue weighted by Crippen LogP contribution is -2.59. The molecule has 0 saturated heterocycles. The average molecular weight is 315 g/mol. The molecule has 0 aliphatic carbocycles. The Bertz CT molecular complexity index is 695. The molecule has 0 unspecified atom stereocenters. The number of hydrogen-bond acceptors (Lipinski definition) is 2. The van der Waals surface area contributed by atoms with Crippen LogP contribution in [0.2, 0.25) is 6.55 Å². The largest absolute Gasteiger partial charge is 0.255 e. The first-order valence-electron chi connectivity index (χ1n) is 6.94. The Morgan fingerprint density at radius 2 is 1.41 bits per heavy atom. The number of rotatable bonds is 4. The Morgan fingerprint density at radius 3 is 1.82 bits per heavy atom. The third-order valence-electron chi connectivity index (χ3n) is 3.91. The molecule has 0 aliphatic heterocycles. The van der Waals surface area contributed by atoms with E-state index in [-0.39, 0.29) is 11.6 Å². The molecule has 22 heavy (non-hydrogen) atoms. The molecule has 1 aromatic heterocycles. The van der Waals surface area contributed by atoms with Crippen LogP contribution in [-0.4, -0.2) is 23.1 Å². The lowest BCUT2D eigenvalue weighted by molar-refractivity contribution is 0.628. The van der Waals surface area contributed by atoms with Gasteiger partial charge in [0.05, 0.1) is 6.20 Å². The third-order valence-corrected chi connectivity index (χ3v) is 8.08. The number of benzene rings is 2. The van der Waals surface area contributed by atoms with E-state index in [0.717, 1.165) is 10.4 Å². The fourth-order valence-electron chi connectivity index (χ4n) is 2.63. The van der Waals surface area contributed by atoms with E-state index in [0.29, 0.717) is 6.17 Å². The van der Waals surface area contributed by atoms with Crippen molar-refractivity contribution in [2.75, 3.05) is 0 Å². The van der Waals surface area contributed by atoms with Crippen molar-refractivity contribution in [1.82, 2.24) is 15.0 Å². The summed E-state index contributed by atoms with van der Waals surface area (Å²) in [5.74, 6) is -0.528. The monoisotopic (exact) mass is 315 g/mol. The summed E-state index contributed by atoms with van der Waals surface area (Å²) in [6.45, 7) is 2.16. The highest BCUT2D eigenvalue weighted by Crippen LogP contribution is 2.10. The maximum Gasteiger partial charge on any atom is 0.137 e. The standard InChI is InChI=1S/C16H15F2N3Si/c1-22(12-21-11-10-19-20-21,15-6-2-13(17)3-7-15)16-8-4-14(18)5-9-16/h2-11H,12H2,1H3. The SMILES string of the molecule is C[Si](Cn1ccnn1)(c1ccc(F)cc1)c1ccc(F)cc1. The van der Waals surface area contributed by atoms with Crippen LogP contribution in [0.1, 0.15) is 0 Å². The maximum absolute atomic E-state index is 13.2. The Hall–Kier alpha value is -2.34. The Balaban J connectivity index is 2.08. The predicted molar refractivity (Wildman–Crippen MR) is 83.7 cm³/mol. The van der Waals surface area contributed by atoms with E-state index in [4.69, 9.17) is 0 Å². The van der Waals surface area contributed by atoms with E-state index in [1.54, 1.807) is 17.1 Å². The van der Waals surface area contributed by atoms with E-state index < -0.39 is 8.07 Å². The van der Waals surface area contributed by atoms with Crippen molar-refractivity contribution in [1.29, 1.82) is 0 Å². The summed E-state index contributed by atoms with van der Waals surface area (Å²) in [6.07, 6.45) is 4.09. The van der Waals surface area contributed by atoms with E-state index in [2.05, 4.69) is 16.9 Å². The first-order chi connectivity index (χ1) is 10.6. The molecule has 0 amide bonds. The molecule has 0 saturated carbocycles. The second kappa shape index (κ2) is 5.80. The van der Waals surface area contributed by atoms with Gasteiger partial charge in [-0.25, -0.2) is 8.78 Å². The van der Waals surface area contributed by atoms with Crippen molar-refractivity contribution in [3.63, 3.8) is 0 Å². The van der Waals surface area contributed by atoms with Gasteiger partial charge < -0.3 is 0 Å². The van der Waals surface area contributed by atoms with Gasteiger partial charge in [0, 0.05) is 12.4 Å². The molecule has 6 heteroatoms. The van der Waals surface area contributed by atoms with E-state index in [9.17, 15) is 8.78 Å². The molecule has 0 aliphatic rings. The van der Waals surface area contributed by atoms with E-state index in [1.165, 1.54) is 24.3 Å². The van der Waals surface area contributed by atoms with Gasteiger partial charge in [-0.15, -0.1) is 5.10 Å². The van der Waals surface area contributed by atoms with Gasteiger partial charge in [0.25, 0.3) is 0 Å². The van der Waals surface area contributed by atoms with Gasteiger partial charge in [0.1, 0.15) is 19.7 Å². The van der Waals surface area contributed by atoms with Crippen molar-refractivity contribution in [2.45, 2.75) is 12.7 Å². The van der Waals surface area contributed by atoms with Crippen molar-refractivity contribution in [3.8, 4) is 0 Å². The highest BCUT2D eigenvalue weighted by molar-refractivity contribution is 7.00. The molecule has 0 fully saturated rings. The first kappa shape index (κ1) is 14.6. The van der Waals surface area contributed by atoms with Gasteiger partial charge in [-0.1, -0.05) is 46.4 Å². The summed E-state index contributed by atoms with van der Waals surface area (Å²) in [4.78, 5) is 0. The van der Waals surface area contributed by atoms with Crippen LogP contribution >= 0.6 is 0 Å². The van der Waals surface area contributed by atoms with Gasteiger partial charge >= 0.3 is 0 Å². The lowest BCUT2D eigenvalue weighted by atomic mass is 10.3. The van der Waals surface area contributed by atoms with Crippen LogP contribution in [0, 0.1) is 11.6 Å². The number of halogens is 2. The van der Waals surface area contributed by atoms with Gasteiger partial charge in [0.2, 0.25) is 0 Å². The van der Waals surface area contributed by atoms with Gasteiger partial charge in [0.15, 0.2) is 0 Å². The molecular weight excluding hydrogens is 300 g/mol. The quantitative estimate of drug-likeness (QED) is 0.689. The van der Waals surface area contributed by atoms with E-state index >= 15 is 0 Å². The minimum atomic E-state index is -2.22. The van der Waals surface area contributed by atoms with Crippen LogP contribution in [0.15, 0.2) is 60.9 Å². The van der Waals surface area contributed by atoms with Crippen LogP contribution in [-0.2, 0) is 6.17 Å². The first-order valence-corrected chi connectivity index (χ1v) is 9.65. The van der Waals surface area contributed by atoms with Crippen LogP contribution in [0.25, 0.3) is 0 Å². The zero-order chi connectivity index (χ0) is 15.6. The molecule has 0 atom stereocenters. The second-order valence-electron chi connectivity index (χ2n) is 5.45. The molecule has 0 spiro atoms. The normalized spacial score (nSPS) is 11.6. The summed E-state index contributed by atoms with van der Waals surface area (Å²) < 4.78 is 28.3. The van der Waals surface area contributed by atoms with Crippen LogP contribution in [0.5, 0.6) is 0 Å². The van der Waals surface area contributed by atoms with Gasteiger partial charge in [-0.3, -0.25) is 4.68 Å². The molecule has 112 valence electrons. The van der Waals surface area contributed by atoms with Crippen molar-refractivity contribution in [2.24, 2.45) is 0 Å². The van der Waals surface area contributed by atoms with Crippen LogP contribution < -0.4 is 10.4 Å². The maximum atomic E-state index is 13.2. The zero-order valence-corrected chi connectivity index (χ0v) is 13.1. The van der Waals surface area contributed by atoms with Gasteiger partial charge in [-0.05, 0) is 24.3 Å². The van der Waals surface area contributed by atoms with Crippen molar-refractivity contribution in [3.05, 3.63) is 72.6 Å². The summed E-state index contributed by atoms with van der Waals surface area (Å²) in [5.41, 5.74) is 0. The highest BCUT2D eigenvalue weighted by atomic mass is 28.3. The molecule has 0 bridgehead atoms. The van der Waals surface area contributed by atoms with Crippen LogP contribution in [0.4, 0.5) is 8.78 Å². The minimum Gasteiger partial charge on any atom is -0.255 e. The Kier molecular flexibility index (Phi) is 3.85. The summed E-state index contributed by atoms with van der Waals surface area (Å²) in [6, 6.07) is 13.1. The second-order valence-corrected chi connectivity index (χ2v) is 9.58. The van der Waals surface area contributed by atoms with Crippen molar-refractivity contribution >= 4 is 18.4 Å². The Morgan fingerprint density at radius 1 is 0.909 bits per heavy atom. The smallest absolute Gasteiger partial charge is 0.137 e. The number of hydrogen-bond donors (Lipinski definition) is 0. The molecule has 0 radical (unpaired) electrons. The summed E-state index contributed by atoms with van der Waals surface area (Å²) in [7, 11) is -2.22. The fraction of sp³-hybridized carbons (Fsp3) is 0.125. The molecule has 3 aromatic rings. The molecule has 0 N–H and O–H groups in total. The summed E-state index contributed by atoms with van der Waals surface area (Å²) >= 11 is 0. The Labute approximate surface area is 128 Å². The number of nitrogens with zero attached hydrogens (tertiary/aromatic N) is 3. The zero-order valence-electron chi connectivity index (χ0n) is 12.1. The number of aromatic nitrogens is 3. The topological polar surface area (TPSA) is 30.7 Å². The lowest BCUT2D eigenvalue weighted by Gasteiger charge is -2.28. The molecule has 3 nitrogen and oxygen atoms in total. The average Bonchev–Trinajstić information content (AvgIpc) is 3.01. The highest BCUT2D eigenvalue weighted by Gasteiger charge is 2.33. The van der Waals surface area contributed by atoms with Crippen molar-refractivity contribution < 1.29 is 8.78 Å². The minimum absolute atomic E-state index is 0.264. The molecule has 3 rings (SSSR count). The fourth-order valence-corrected chi connectivity index (χ4v) is 5.95. The van der Waals surface area contributed by atoms with E-state index in [1.807, 2.05) is 24.3 Å². The van der Waals surface area contributed by atoms with Gasteiger partial charge in [-0.2, -0.15) is 0 Å². The van der Waals surface area contributed by atoms with Crippen LogP contribution in [0.3, 0.4) is 0 Å². The molecule has 2 aromatic carbocycles. The predicted octanol–water partition coefficient (Wildman–Crippen LogP) is 1.99.